The maximum atomic E-state index is 13.1. The lowest BCUT2D eigenvalue weighted by molar-refractivity contribution is -0.157. The Hall–Kier alpha value is -2.92. The van der Waals surface area contributed by atoms with Crippen LogP contribution in [-0.2, 0) is 20.5 Å². The summed E-state index contributed by atoms with van der Waals surface area (Å²) in [5.41, 5.74) is 0.00761. The molecule has 33 heavy (non-hydrogen) atoms. The minimum absolute atomic E-state index is 0.00761. The lowest BCUT2D eigenvalue weighted by Crippen LogP contribution is -2.45. The van der Waals surface area contributed by atoms with Crippen molar-refractivity contribution < 1.29 is 27.5 Å². The van der Waals surface area contributed by atoms with E-state index in [4.69, 9.17) is 4.74 Å². The minimum Gasteiger partial charge on any atom is -0.455 e. The first-order valence-electron chi connectivity index (χ1n) is 11.3. The standard InChI is InChI=1S/C21H27F3N6O3/c1-2-15-5-3-4-10-29(15)18(31)13-33-19(32)14-8-11-28(12-9-14)17-7-6-16-25-26-20(21(22,23)24)30(16)27-17/h6-7,14-15H,2-5,8-13H2,1H3/t15-/m1/s1. The third-order valence-electron chi connectivity index (χ3n) is 6.41. The van der Waals surface area contributed by atoms with Crippen LogP contribution < -0.4 is 4.90 Å². The number of ether oxygens (including phenoxy) is 1. The number of amides is 1. The van der Waals surface area contributed by atoms with Gasteiger partial charge in [0.05, 0.1) is 5.92 Å². The number of halogens is 3. The topological polar surface area (TPSA) is 92.9 Å². The van der Waals surface area contributed by atoms with Gasteiger partial charge in [-0.25, -0.2) is 0 Å². The van der Waals surface area contributed by atoms with Crippen molar-refractivity contribution in [3.05, 3.63) is 18.0 Å². The molecule has 2 aliphatic heterocycles. The van der Waals surface area contributed by atoms with Crippen LogP contribution in [0.25, 0.3) is 5.65 Å². The Kier molecular flexibility index (Phi) is 6.71. The molecule has 1 atom stereocenters. The summed E-state index contributed by atoms with van der Waals surface area (Å²) in [7, 11) is 0. The Morgan fingerprint density at radius 3 is 2.55 bits per heavy atom. The van der Waals surface area contributed by atoms with Gasteiger partial charge in [0.1, 0.15) is 5.82 Å². The quantitative estimate of drug-likeness (QED) is 0.623. The average molecular weight is 468 g/mol. The SMILES string of the molecule is CC[C@@H]1CCCCN1C(=O)COC(=O)C1CCN(c2ccc3nnc(C(F)(F)F)n3n2)CC1. The van der Waals surface area contributed by atoms with E-state index in [-0.39, 0.29) is 30.1 Å². The maximum Gasteiger partial charge on any atom is 0.453 e. The smallest absolute Gasteiger partial charge is 0.453 e. The molecule has 4 heterocycles. The first-order valence-corrected chi connectivity index (χ1v) is 11.3. The number of anilines is 1. The number of carbonyl (C=O) groups excluding carboxylic acids is 2. The van der Waals surface area contributed by atoms with Crippen molar-refractivity contribution in [1.29, 1.82) is 0 Å². The molecule has 2 fully saturated rings. The zero-order valence-corrected chi connectivity index (χ0v) is 18.4. The van der Waals surface area contributed by atoms with Crippen LogP contribution in [-0.4, -0.2) is 68.9 Å². The Morgan fingerprint density at radius 2 is 1.85 bits per heavy atom. The molecule has 0 radical (unpaired) electrons. The molecule has 0 bridgehead atoms. The van der Waals surface area contributed by atoms with Crippen LogP contribution in [0.15, 0.2) is 12.1 Å². The largest absolute Gasteiger partial charge is 0.455 e. The van der Waals surface area contributed by atoms with Crippen LogP contribution in [0.1, 0.15) is 51.3 Å². The van der Waals surface area contributed by atoms with Gasteiger partial charge in [0.25, 0.3) is 11.7 Å². The maximum absolute atomic E-state index is 13.1. The molecule has 2 saturated heterocycles. The number of alkyl halides is 3. The molecule has 0 aromatic carbocycles. The summed E-state index contributed by atoms with van der Waals surface area (Å²) >= 11 is 0. The molecule has 0 saturated carbocycles. The Morgan fingerprint density at radius 1 is 1.09 bits per heavy atom. The first-order chi connectivity index (χ1) is 15.8. The van der Waals surface area contributed by atoms with Crippen LogP contribution >= 0.6 is 0 Å². The zero-order chi connectivity index (χ0) is 23.6. The van der Waals surface area contributed by atoms with E-state index in [1.807, 2.05) is 9.80 Å². The third kappa shape index (κ3) is 5.03. The van der Waals surface area contributed by atoms with Gasteiger partial charge >= 0.3 is 12.1 Å². The summed E-state index contributed by atoms with van der Waals surface area (Å²) in [6.07, 6.45) is 0.201. The number of fused-ring (bicyclic) bond motifs is 1. The molecule has 0 unspecified atom stereocenters. The highest BCUT2D eigenvalue weighted by molar-refractivity contribution is 5.81. The van der Waals surface area contributed by atoms with Crippen LogP contribution in [0.3, 0.4) is 0 Å². The molecule has 4 rings (SSSR count). The van der Waals surface area contributed by atoms with Gasteiger partial charge in [0.2, 0.25) is 0 Å². The van der Waals surface area contributed by atoms with Gasteiger partial charge in [-0.2, -0.15) is 17.7 Å². The molecular formula is C21H27F3N6O3. The highest BCUT2D eigenvalue weighted by Gasteiger charge is 2.38. The van der Waals surface area contributed by atoms with Crippen molar-refractivity contribution in [3.8, 4) is 0 Å². The van der Waals surface area contributed by atoms with Gasteiger partial charge in [-0.15, -0.1) is 15.3 Å². The fourth-order valence-corrected chi connectivity index (χ4v) is 4.56. The molecule has 1 amide bonds. The Labute approximate surface area is 188 Å². The van der Waals surface area contributed by atoms with E-state index in [1.54, 1.807) is 6.07 Å². The molecule has 2 aromatic rings. The molecule has 0 N–H and O–H groups in total. The number of aromatic nitrogens is 4. The number of esters is 1. The van der Waals surface area contributed by atoms with E-state index in [9.17, 15) is 22.8 Å². The first kappa shape index (κ1) is 23.2. The van der Waals surface area contributed by atoms with E-state index >= 15 is 0 Å². The fraction of sp³-hybridized carbons (Fsp3) is 0.667. The second kappa shape index (κ2) is 9.52. The van der Waals surface area contributed by atoms with E-state index in [2.05, 4.69) is 22.2 Å². The summed E-state index contributed by atoms with van der Waals surface area (Å²) in [5, 5.41) is 10.7. The number of likely N-dealkylation sites (tertiary alicyclic amines) is 1. The summed E-state index contributed by atoms with van der Waals surface area (Å²) in [5.74, 6) is -1.75. The lowest BCUT2D eigenvalue weighted by Gasteiger charge is -2.35. The van der Waals surface area contributed by atoms with Crippen molar-refractivity contribution in [3.63, 3.8) is 0 Å². The summed E-state index contributed by atoms with van der Waals surface area (Å²) in [6, 6.07) is 3.23. The van der Waals surface area contributed by atoms with E-state index < -0.39 is 18.0 Å². The van der Waals surface area contributed by atoms with Crippen LogP contribution in [0.5, 0.6) is 0 Å². The Bertz CT molecular complexity index is 1000. The van der Waals surface area contributed by atoms with Crippen LogP contribution in [0.2, 0.25) is 0 Å². The van der Waals surface area contributed by atoms with Gasteiger partial charge in [-0.1, -0.05) is 6.92 Å². The fourth-order valence-electron chi connectivity index (χ4n) is 4.56. The van der Waals surface area contributed by atoms with Crippen LogP contribution in [0.4, 0.5) is 19.0 Å². The molecule has 9 nitrogen and oxygen atoms in total. The average Bonchev–Trinajstić information content (AvgIpc) is 3.26. The van der Waals surface area contributed by atoms with Crippen molar-refractivity contribution >= 4 is 23.3 Å². The molecule has 2 aromatic heterocycles. The summed E-state index contributed by atoms with van der Waals surface area (Å²) < 4.78 is 45.3. The van der Waals surface area contributed by atoms with Gasteiger partial charge < -0.3 is 14.5 Å². The van der Waals surface area contributed by atoms with Crippen molar-refractivity contribution in [2.75, 3.05) is 31.1 Å². The predicted octanol–water partition coefficient (Wildman–Crippen LogP) is 2.69. The van der Waals surface area contributed by atoms with E-state index in [0.717, 1.165) is 25.7 Å². The van der Waals surface area contributed by atoms with E-state index in [0.29, 0.717) is 42.8 Å². The van der Waals surface area contributed by atoms with Gasteiger partial charge in [0, 0.05) is 25.7 Å². The highest BCUT2D eigenvalue weighted by atomic mass is 19.4. The highest BCUT2D eigenvalue weighted by Crippen LogP contribution is 2.29. The van der Waals surface area contributed by atoms with Crippen molar-refractivity contribution in [2.45, 2.75) is 57.7 Å². The molecular weight excluding hydrogens is 441 g/mol. The predicted molar refractivity (Wildman–Crippen MR) is 111 cm³/mol. The summed E-state index contributed by atoms with van der Waals surface area (Å²) in [4.78, 5) is 28.7. The van der Waals surface area contributed by atoms with Crippen molar-refractivity contribution in [1.82, 2.24) is 24.7 Å². The number of hydrogen-bond acceptors (Lipinski definition) is 7. The number of piperidine rings is 2. The lowest BCUT2D eigenvalue weighted by atomic mass is 9.97. The molecule has 0 aliphatic carbocycles. The minimum atomic E-state index is -4.66. The molecule has 180 valence electrons. The van der Waals surface area contributed by atoms with E-state index in [1.165, 1.54) is 6.07 Å². The molecule has 0 spiro atoms. The van der Waals surface area contributed by atoms with Gasteiger partial charge in [-0.05, 0) is 50.7 Å². The zero-order valence-electron chi connectivity index (χ0n) is 18.4. The molecule has 12 heteroatoms. The third-order valence-corrected chi connectivity index (χ3v) is 6.41. The van der Waals surface area contributed by atoms with Gasteiger partial charge in [-0.3, -0.25) is 9.59 Å². The van der Waals surface area contributed by atoms with Crippen LogP contribution in [0, 0.1) is 5.92 Å². The second-order valence-corrected chi connectivity index (χ2v) is 8.50. The number of carbonyl (C=O) groups is 2. The van der Waals surface area contributed by atoms with Gasteiger partial charge in [0.15, 0.2) is 12.3 Å². The van der Waals surface area contributed by atoms with Crippen molar-refractivity contribution in [2.24, 2.45) is 5.92 Å². The summed E-state index contributed by atoms with van der Waals surface area (Å²) in [6.45, 7) is 3.37. The second-order valence-electron chi connectivity index (χ2n) is 8.50. The molecule has 2 aliphatic rings. The number of hydrogen-bond donors (Lipinski definition) is 0. The number of nitrogens with zero attached hydrogens (tertiary/aromatic N) is 6. The monoisotopic (exact) mass is 468 g/mol. The Balaban J connectivity index is 1.31. The number of rotatable bonds is 5. The normalized spacial score (nSPS) is 20.3.